The summed E-state index contributed by atoms with van der Waals surface area (Å²) in [5.74, 6) is 0.837. The zero-order valence-corrected chi connectivity index (χ0v) is 13.8. The van der Waals surface area contributed by atoms with Gasteiger partial charge in [0.2, 0.25) is 0 Å². The highest BCUT2D eigenvalue weighted by Gasteiger charge is 2.31. The molecule has 19 heavy (non-hydrogen) atoms. The van der Waals surface area contributed by atoms with Crippen molar-refractivity contribution in [2.24, 2.45) is 11.3 Å². The SMILES string of the molecule is CCN(CCCN(C)C)CC(C)(C)C1CCCNC1. The fourth-order valence-electron chi connectivity index (χ4n) is 3.18. The lowest BCUT2D eigenvalue weighted by Crippen LogP contribution is -2.45. The minimum absolute atomic E-state index is 0.432. The second-order valence-corrected chi connectivity index (χ2v) is 7.06. The Morgan fingerprint density at radius 3 is 2.47 bits per heavy atom. The van der Waals surface area contributed by atoms with E-state index >= 15 is 0 Å². The fourth-order valence-corrected chi connectivity index (χ4v) is 3.18. The molecule has 1 aliphatic heterocycles. The standard InChI is InChI=1S/C16H35N3/c1-6-19(12-8-11-18(4)5)14-16(2,3)15-9-7-10-17-13-15/h15,17H,6-14H2,1-5H3. The van der Waals surface area contributed by atoms with Crippen molar-refractivity contribution in [3.63, 3.8) is 0 Å². The Kier molecular flexibility index (Phi) is 7.33. The molecular formula is C16H35N3. The summed E-state index contributed by atoms with van der Waals surface area (Å²) >= 11 is 0. The average molecular weight is 269 g/mol. The van der Waals surface area contributed by atoms with Crippen LogP contribution < -0.4 is 5.32 Å². The minimum Gasteiger partial charge on any atom is -0.316 e. The fraction of sp³-hybridized carbons (Fsp3) is 1.00. The van der Waals surface area contributed by atoms with E-state index in [1.54, 1.807) is 0 Å². The molecule has 0 aromatic rings. The normalized spacial score (nSPS) is 21.3. The average Bonchev–Trinajstić information content (AvgIpc) is 2.38. The molecule has 1 fully saturated rings. The molecule has 0 aliphatic carbocycles. The summed E-state index contributed by atoms with van der Waals surface area (Å²) < 4.78 is 0. The van der Waals surface area contributed by atoms with Crippen molar-refractivity contribution in [3.05, 3.63) is 0 Å². The molecular weight excluding hydrogens is 234 g/mol. The van der Waals surface area contributed by atoms with E-state index in [1.165, 1.54) is 58.5 Å². The van der Waals surface area contributed by atoms with Gasteiger partial charge in [0.15, 0.2) is 0 Å². The topological polar surface area (TPSA) is 18.5 Å². The quantitative estimate of drug-likeness (QED) is 0.729. The highest BCUT2D eigenvalue weighted by Crippen LogP contribution is 2.32. The van der Waals surface area contributed by atoms with Crippen molar-refractivity contribution < 1.29 is 0 Å². The number of nitrogens with one attached hydrogen (secondary N) is 1. The van der Waals surface area contributed by atoms with Crippen molar-refractivity contribution in [2.45, 2.75) is 40.0 Å². The largest absolute Gasteiger partial charge is 0.316 e. The predicted octanol–water partition coefficient (Wildman–Crippen LogP) is 2.29. The van der Waals surface area contributed by atoms with Crippen LogP contribution in [0.3, 0.4) is 0 Å². The van der Waals surface area contributed by atoms with Crippen LogP contribution >= 0.6 is 0 Å². The lowest BCUT2D eigenvalue weighted by Gasteiger charge is -2.40. The Morgan fingerprint density at radius 2 is 1.95 bits per heavy atom. The van der Waals surface area contributed by atoms with Crippen LogP contribution in [0.25, 0.3) is 0 Å². The van der Waals surface area contributed by atoms with E-state index in [2.05, 4.69) is 50.0 Å². The summed E-state index contributed by atoms with van der Waals surface area (Å²) in [5, 5.41) is 3.57. The number of piperidine rings is 1. The van der Waals surface area contributed by atoms with Gasteiger partial charge in [-0.15, -0.1) is 0 Å². The summed E-state index contributed by atoms with van der Waals surface area (Å²) in [6, 6.07) is 0. The monoisotopic (exact) mass is 269 g/mol. The Morgan fingerprint density at radius 1 is 1.21 bits per heavy atom. The second-order valence-electron chi connectivity index (χ2n) is 7.06. The first-order chi connectivity index (χ1) is 8.95. The maximum absolute atomic E-state index is 3.57. The summed E-state index contributed by atoms with van der Waals surface area (Å²) in [7, 11) is 4.32. The van der Waals surface area contributed by atoms with Gasteiger partial charge in [-0.25, -0.2) is 0 Å². The van der Waals surface area contributed by atoms with Crippen LogP contribution in [0.4, 0.5) is 0 Å². The van der Waals surface area contributed by atoms with Gasteiger partial charge in [0.1, 0.15) is 0 Å². The van der Waals surface area contributed by atoms with Gasteiger partial charge < -0.3 is 15.1 Å². The van der Waals surface area contributed by atoms with Crippen molar-refractivity contribution in [3.8, 4) is 0 Å². The molecule has 0 radical (unpaired) electrons. The van der Waals surface area contributed by atoms with Crippen molar-refractivity contribution in [1.82, 2.24) is 15.1 Å². The Hall–Kier alpha value is -0.120. The first-order valence-electron chi connectivity index (χ1n) is 8.03. The van der Waals surface area contributed by atoms with E-state index in [-0.39, 0.29) is 0 Å². The minimum atomic E-state index is 0.432. The van der Waals surface area contributed by atoms with E-state index in [4.69, 9.17) is 0 Å². The molecule has 1 rings (SSSR count). The van der Waals surface area contributed by atoms with E-state index in [0.717, 1.165) is 5.92 Å². The number of nitrogens with zero attached hydrogens (tertiary/aromatic N) is 2. The molecule has 1 atom stereocenters. The molecule has 0 aromatic carbocycles. The van der Waals surface area contributed by atoms with Crippen LogP contribution in [-0.2, 0) is 0 Å². The van der Waals surface area contributed by atoms with E-state index in [0.29, 0.717) is 5.41 Å². The van der Waals surface area contributed by atoms with Gasteiger partial charge >= 0.3 is 0 Å². The van der Waals surface area contributed by atoms with E-state index < -0.39 is 0 Å². The Labute approximate surface area is 120 Å². The molecule has 0 aromatic heterocycles. The summed E-state index contributed by atoms with van der Waals surface area (Å²) in [6.45, 7) is 14.5. The second kappa shape index (κ2) is 8.23. The molecule has 0 saturated carbocycles. The van der Waals surface area contributed by atoms with Gasteiger partial charge in [0.25, 0.3) is 0 Å². The van der Waals surface area contributed by atoms with Crippen LogP contribution in [0, 0.1) is 11.3 Å². The highest BCUT2D eigenvalue weighted by molar-refractivity contribution is 4.85. The van der Waals surface area contributed by atoms with E-state index in [1.807, 2.05) is 0 Å². The van der Waals surface area contributed by atoms with Gasteiger partial charge in [-0.05, 0) is 77.4 Å². The molecule has 3 heteroatoms. The van der Waals surface area contributed by atoms with Crippen LogP contribution in [0.1, 0.15) is 40.0 Å². The maximum Gasteiger partial charge on any atom is 0.00357 e. The molecule has 1 N–H and O–H groups in total. The Balaban J connectivity index is 2.39. The lowest BCUT2D eigenvalue weighted by atomic mass is 9.74. The third kappa shape index (κ3) is 6.24. The van der Waals surface area contributed by atoms with Crippen LogP contribution in [0.15, 0.2) is 0 Å². The third-order valence-electron chi connectivity index (χ3n) is 4.56. The van der Waals surface area contributed by atoms with Crippen LogP contribution in [0.2, 0.25) is 0 Å². The predicted molar refractivity (Wildman–Crippen MR) is 84.7 cm³/mol. The van der Waals surface area contributed by atoms with Gasteiger partial charge in [0.05, 0.1) is 0 Å². The van der Waals surface area contributed by atoms with Gasteiger partial charge in [-0.3, -0.25) is 0 Å². The van der Waals surface area contributed by atoms with Crippen molar-refractivity contribution in [1.29, 1.82) is 0 Å². The molecule has 1 heterocycles. The third-order valence-corrected chi connectivity index (χ3v) is 4.56. The maximum atomic E-state index is 3.57. The Bertz CT molecular complexity index is 232. The van der Waals surface area contributed by atoms with Crippen LogP contribution in [-0.4, -0.2) is 63.2 Å². The molecule has 114 valence electrons. The smallest absolute Gasteiger partial charge is 0.00357 e. The number of hydrogen-bond donors (Lipinski definition) is 1. The molecule has 0 amide bonds. The van der Waals surface area contributed by atoms with E-state index in [9.17, 15) is 0 Å². The first kappa shape index (κ1) is 16.9. The molecule has 3 nitrogen and oxygen atoms in total. The summed E-state index contributed by atoms with van der Waals surface area (Å²) in [6.07, 6.45) is 4.02. The molecule has 1 unspecified atom stereocenters. The zero-order valence-electron chi connectivity index (χ0n) is 13.8. The van der Waals surface area contributed by atoms with Crippen molar-refractivity contribution >= 4 is 0 Å². The summed E-state index contributed by atoms with van der Waals surface area (Å²) in [4.78, 5) is 4.92. The molecule has 1 aliphatic rings. The summed E-state index contributed by atoms with van der Waals surface area (Å²) in [5.41, 5.74) is 0.432. The molecule has 0 bridgehead atoms. The highest BCUT2D eigenvalue weighted by atomic mass is 15.1. The lowest BCUT2D eigenvalue weighted by molar-refractivity contribution is 0.101. The van der Waals surface area contributed by atoms with Crippen LogP contribution in [0.5, 0.6) is 0 Å². The molecule has 0 spiro atoms. The van der Waals surface area contributed by atoms with Crippen molar-refractivity contribution in [2.75, 3.05) is 53.4 Å². The van der Waals surface area contributed by atoms with Gasteiger partial charge in [-0.2, -0.15) is 0 Å². The van der Waals surface area contributed by atoms with Gasteiger partial charge in [0, 0.05) is 6.54 Å². The molecule has 1 saturated heterocycles. The first-order valence-corrected chi connectivity index (χ1v) is 8.03. The number of hydrogen-bond acceptors (Lipinski definition) is 3. The zero-order chi connectivity index (χ0) is 14.3. The number of rotatable bonds is 8. The van der Waals surface area contributed by atoms with Gasteiger partial charge in [-0.1, -0.05) is 20.8 Å².